The van der Waals surface area contributed by atoms with E-state index in [4.69, 9.17) is 10.5 Å². The van der Waals surface area contributed by atoms with E-state index in [1.165, 1.54) is 16.3 Å². The highest BCUT2D eigenvalue weighted by atomic mass is 32.2. The molecule has 2 atom stereocenters. The number of aliphatic hydroxyl groups is 1. The molecule has 8 heteroatoms. The Balaban J connectivity index is 2.76. The zero-order valence-corrected chi connectivity index (χ0v) is 10.7. The number of ether oxygens (including phenoxy) is 1. The number of aromatic amines is 1. The predicted molar refractivity (Wildman–Crippen MR) is 65.1 cm³/mol. The lowest BCUT2D eigenvalue weighted by atomic mass is 10.2. The van der Waals surface area contributed by atoms with Crippen LogP contribution in [0.25, 0.3) is 0 Å². The van der Waals surface area contributed by atoms with Gasteiger partial charge < -0.3 is 15.6 Å². The zero-order valence-electron chi connectivity index (χ0n) is 9.92. The molecule has 1 heterocycles. The molecule has 0 aliphatic heterocycles. The predicted octanol–water partition coefficient (Wildman–Crippen LogP) is -0.982. The molecule has 7 nitrogen and oxygen atoms in total. The Morgan fingerprint density at radius 1 is 1.71 bits per heavy atom. The Labute approximate surface area is 103 Å². The van der Waals surface area contributed by atoms with E-state index in [9.17, 15) is 9.90 Å². The summed E-state index contributed by atoms with van der Waals surface area (Å²) in [5.41, 5.74) is 5.60. The summed E-state index contributed by atoms with van der Waals surface area (Å²) in [6, 6.07) is -0.313. The monoisotopic (exact) mass is 262 g/mol. The van der Waals surface area contributed by atoms with Gasteiger partial charge in [-0.2, -0.15) is 0 Å². The van der Waals surface area contributed by atoms with E-state index in [1.54, 1.807) is 7.11 Å². The highest BCUT2D eigenvalue weighted by molar-refractivity contribution is 7.99. The second kappa shape index (κ2) is 6.80. The van der Waals surface area contributed by atoms with Crippen molar-refractivity contribution in [3.8, 4) is 0 Å². The maximum absolute atomic E-state index is 11.3. The summed E-state index contributed by atoms with van der Waals surface area (Å²) >= 11 is 1.27. The van der Waals surface area contributed by atoms with Crippen molar-refractivity contribution in [3.05, 3.63) is 10.5 Å². The van der Waals surface area contributed by atoms with E-state index in [0.717, 1.165) is 0 Å². The van der Waals surface area contributed by atoms with Crippen molar-refractivity contribution in [3.63, 3.8) is 0 Å². The third-order valence-electron chi connectivity index (χ3n) is 2.31. The van der Waals surface area contributed by atoms with Crippen LogP contribution < -0.4 is 11.4 Å². The van der Waals surface area contributed by atoms with Crippen LogP contribution in [0.4, 0.5) is 0 Å². The first-order valence-corrected chi connectivity index (χ1v) is 6.19. The SMILES string of the molecule is CCn1c(SC(CO)C(N)COC)n[nH]c1=O. The number of nitrogens with one attached hydrogen (secondary N) is 1. The van der Waals surface area contributed by atoms with Crippen LogP contribution in [-0.2, 0) is 11.3 Å². The van der Waals surface area contributed by atoms with Crippen LogP contribution in [0.1, 0.15) is 6.92 Å². The molecule has 1 rings (SSSR count). The van der Waals surface area contributed by atoms with Crippen molar-refractivity contribution in [2.75, 3.05) is 20.3 Å². The first-order chi connectivity index (χ1) is 8.13. The highest BCUT2D eigenvalue weighted by Gasteiger charge is 2.21. The van der Waals surface area contributed by atoms with E-state index in [-0.39, 0.29) is 23.6 Å². The van der Waals surface area contributed by atoms with Crippen LogP contribution in [-0.4, -0.2) is 51.5 Å². The molecule has 0 aliphatic rings. The van der Waals surface area contributed by atoms with Crippen LogP contribution >= 0.6 is 11.8 Å². The van der Waals surface area contributed by atoms with E-state index in [2.05, 4.69) is 10.2 Å². The fourth-order valence-corrected chi connectivity index (χ4v) is 2.40. The lowest BCUT2D eigenvalue weighted by Gasteiger charge is -2.19. The van der Waals surface area contributed by atoms with Gasteiger partial charge in [0.15, 0.2) is 5.16 Å². The summed E-state index contributed by atoms with van der Waals surface area (Å²) in [6.07, 6.45) is 0. The third kappa shape index (κ3) is 3.56. The largest absolute Gasteiger partial charge is 0.395 e. The van der Waals surface area contributed by atoms with Crippen LogP contribution in [0.2, 0.25) is 0 Å². The maximum atomic E-state index is 11.3. The lowest BCUT2D eigenvalue weighted by molar-refractivity contribution is 0.167. The molecule has 0 bridgehead atoms. The van der Waals surface area contributed by atoms with Gasteiger partial charge in [-0.25, -0.2) is 9.89 Å². The summed E-state index contributed by atoms with van der Waals surface area (Å²) in [5, 5.41) is 15.8. The summed E-state index contributed by atoms with van der Waals surface area (Å²) in [7, 11) is 1.55. The zero-order chi connectivity index (χ0) is 12.8. The second-order valence-corrected chi connectivity index (χ2v) is 4.72. The molecule has 2 unspecified atom stereocenters. The first-order valence-electron chi connectivity index (χ1n) is 5.31. The normalized spacial score (nSPS) is 14.8. The standard InChI is InChI=1S/C9H18N4O3S/c1-3-13-8(15)11-12-9(13)17-7(4-14)6(10)5-16-2/h6-7,14H,3-5,10H2,1-2H3,(H,11,15). The number of nitrogens with two attached hydrogens (primary N) is 1. The van der Waals surface area contributed by atoms with Gasteiger partial charge in [-0.1, -0.05) is 11.8 Å². The molecule has 1 aromatic rings. The van der Waals surface area contributed by atoms with Crippen LogP contribution in [0, 0.1) is 0 Å². The Morgan fingerprint density at radius 3 is 2.94 bits per heavy atom. The van der Waals surface area contributed by atoms with Crippen molar-refractivity contribution >= 4 is 11.8 Å². The number of aliphatic hydroxyl groups excluding tert-OH is 1. The van der Waals surface area contributed by atoms with E-state index in [1.807, 2.05) is 6.92 Å². The highest BCUT2D eigenvalue weighted by Crippen LogP contribution is 2.21. The van der Waals surface area contributed by atoms with Crippen LogP contribution in [0.5, 0.6) is 0 Å². The summed E-state index contributed by atoms with van der Waals surface area (Å²) < 4.78 is 6.43. The minimum absolute atomic E-state index is 0.0973. The number of H-pyrrole nitrogens is 1. The summed E-state index contributed by atoms with van der Waals surface area (Å²) in [6.45, 7) is 2.62. The van der Waals surface area contributed by atoms with Gasteiger partial charge >= 0.3 is 5.69 Å². The molecule has 0 radical (unpaired) electrons. The van der Waals surface area contributed by atoms with Gasteiger partial charge in [0, 0.05) is 19.7 Å². The summed E-state index contributed by atoms with van der Waals surface area (Å²) in [5.74, 6) is 0. The van der Waals surface area contributed by atoms with Crippen molar-refractivity contribution in [1.82, 2.24) is 14.8 Å². The Hall–Kier alpha value is -0.830. The molecule has 0 saturated carbocycles. The number of hydrogen-bond donors (Lipinski definition) is 3. The average Bonchev–Trinajstić information content (AvgIpc) is 2.66. The number of thioether (sulfide) groups is 1. The molecule has 0 fully saturated rings. The van der Waals surface area contributed by atoms with Gasteiger partial charge in [0.05, 0.1) is 18.5 Å². The van der Waals surface area contributed by atoms with Crippen molar-refractivity contribution in [2.45, 2.75) is 29.9 Å². The fraction of sp³-hybridized carbons (Fsp3) is 0.778. The number of nitrogens with zero attached hydrogens (tertiary/aromatic N) is 2. The number of hydrogen-bond acceptors (Lipinski definition) is 6. The molecule has 0 aliphatic carbocycles. The number of methoxy groups -OCH3 is 1. The average molecular weight is 262 g/mol. The third-order valence-corrected chi connectivity index (χ3v) is 3.64. The van der Waals surface area contributed by atoms with Gasteiger partial charge in [-0.15, -0.1) is 5.10 Å². The number of aromatic nitrogens is 3. The molecular weight excluding hydrogens is 244 g/mol. The van der Waals surface area contributed by atoms with Gasteiger partial charge in [0.25, 0.3) is 0 Å². The molecule has 17 heavy (non-hydrogen) atoms. The maximum Gasteiger partial charge on any atom is 0.343 e. The fourth-order valence-electron chi connectivity index (χ4n) is 1.37. The van der Waals surface area contributed by atoms with Crippen molar-refractivity contribution in [1.29, 1.82) is 0 Å². The Morgan fingerprint density at radius 2 is 2.41 bits per heavy atom. The van der Waals surface area contributed by atoms with E-state index in [0.29, 0.717) is 18.3 Å². The smallest absolute Gasteiger partial charge is 0.343 e. The molecule has 98 valence electrons. The number of rotatable bonds is 7. The lowest BCUT2D eigenvalue weighted by Crippen LogP contribution is -2.39. The quantitative estimate of drug-likeness (QED) is 0.545. The van der Waals surface area contributed by atoms with Crippen molar-refractivity contribution in [2.24, 2.45) is 5.73 Å². The molecule has 1 aromatic heterocycles. The van der Waals surface area contributed by atoms with E-state index >= 15 is 0 Å². The van der Waals surface area contributed by atoms with Gasteiger partial charge in [-0.05, 0) is 6.92 Å². The van der Waals surface area contributed by atoms with Crippen molar-refractivity contribution < 1.29 is 9.84 Å². The van der Waals surface area contributed by atoms with Gasteiger partial charge in [0.1, 0.15) is 0 Å². The molecule has 0 aromatic carbocycles. The topological polar surface area (TPSA) is 106 Å². The van der Waals surface area contributed by atoms with E-state index < -0.39 is 0 Å². The molecule has 4 N–H and O–H groups in total. The van der Waals surface area contributed by atoms with Gasteiger partial charge in [-0.3, -0.25) is 4.57 Å². The molecular formula is C9H18N4O3S. The Kier molecular flexibility index (Phi) is 5.69. The van der Waals surface area contributed by atoms with Crippen LogP contribution in [0.15, 0.2) is 9.95 Å². The van der Waals surface area contributed by atoms with Gasteiger partial charge in [0.2, 0.25) is 0 Å². The minimum Gasteiger partial charge on any atom is -0.395 e. The first kappa shape index (κ1) is 14.2. The summed E-state index contributed by atoms with van der Waals surface area (Å²) in [4.78, 5) is 11.3. The second-order valence-electron chi connectivity index (χ2n) is 3.51. The van der Waals surface area contributed by atoms with Crippen LogP contribution in [0.3, 0.4) is 0 Å². The molecule has 0 saturated heterocycles. The molecule has 0 spiro atoms. The minimum atomic E-state index is -0.313. The molecule has 0 amide bonds. The Bertz CT molecular complexity index is 392.